The molecule has 1 aliphatic carbocycles. The van der Waals surface area contributed by atoms with Crippen molar-refractivity contribution in [2.45, 2.75) is 25.4 Å². The van der Waals surface area contributed by atoms with Crippen LogP contribution in [-0.4, -0.2) is 39.3 Å². The first-order valence-electron chi connectivity index (χ1n) is 5.22. The number of hydrogen-bond donors (Lipinski definition) is 2. The molecule has 1 fully saturated rings. The zero-order chi connectivity index (χ0) is 10.4. The summed E-state index contributed by atoms with van der Waals surface area (Å²) in [5, 5.41) is 5.73. The molecule has 0 spiro atoms. The van der Waals surface area contributed by atoms with Crippen LogP contribution in [0.15, 0.2) is 0 Å². The second-order valence-corrected chi connectivity index (χ2v) is 3.80. The Morgan fingerprint density at radius 1 is 1.47 bits per heavy atom. The summed E-state index contributed by atoms with van der Waals surface area (Å²) >= 11 is 0. The molecule has 1 amide bonds. The van der Waals surface area contributed by atoms with E-state index < -0.39 is 0 Å². The highest BCUT2D eigenvalue weighted by molar-refractivity contribution is 5.85. The van der Waals surface area contributed by atoms with Crippen LogP contribution in [0.5, 0.6) is 0 Å². The molecular formula is C10H21ClN2O2. The van der Waals surface area contributed by atoms with Gasteiger partial charge in [-0.05, 0) is 19.9 Å². The van der Waals surface area contributed by atoms with E-state index in [0.717, 1.165) is 13.0 Å². The van der Waals surface area contributed by atoms with E-state index in [2.05, 4.69) is 10.6 Å². The Hall–Kier alpha value is -0.320. The highest BCUT2D eigenvalue weighted by atomic mass is 35.5. The molecule has 0 heterocycles. The maximum atomic E-state index is 11.2. The summed E-state index contributed by atoms with van der Waals surface area (Å²) in [7, 11) is 3.52. The van der Waals surface area contributed by atoms with Gasteiger partial charge in [-0.25, -0.2) is 0 Å². The summed E-state index contributed by atoms with van der Waals surface area (Å²) in [6.45, 7) is 1.14. The molecule has 90 valence electrons. The van der Waals surface area contributed by atoms with E-state index in [1.807, 2.05) is 0 Å². The van der Waals surface area contributed by atoms with Crippen LogP contribution >= 0.6 is 12.4 Å². The highest BCUT2D eigenvalue weighted by Gasteiger charge is 2.26. The van der Waals surface area contributed by atoms with Crippen molar-refractivity contribution >= 4 is 18.3 Å². The molecule has 0 aliphatic heterocycles. The first kappa shape index (κ1) is 14.7. The standard InChI is InChI=1S/C10H20N2O2.ClH/c1-11-7-10(13)12-6-8-4-3-5-9(8)14-2;/h8-9,11H,3-7H2,1-2H3,(H,12,13);1H. The van der Waals surface area contributed by atoms with E-state index in [1.54, 1.807) is 14.2 Å². The minimum absolute atomic E-state index is 0. The third-order valence-corrected chi connectivity index (χ3v) is 2.79. The number of nitrogens with one attached hydrogen (secondary N) is 2. The lowest BCUT2D eigenvalue weighted by atomic mass is 10.1. The van der Waals surface area contributed by atoms with Crippen molar-refractivity contribution in [3.8, 4) is 0 Å². The fourth-order valence-electron chi connectivity index (χ4n) is 2.01. The lowest BCUT2D eigenvalue weighted by molar-refractivity contribution is -0.120. The zero-order valence-electron chi connectivity index (χ0n) is 9.41. The number of hydrogen-bond acceptors (Lipinski definition) is 3. The fourth-order valence-corrected chi connectivity index (χ4v) is 2.01. The lowest BCUT2D eigenvalue weighted by Crippen LogP contribution is -2.37. The Morgan fingerprint density at radius 2 is 2.20 bits per heavy atom. The van der Waals surface area contributed by atoms with Crippen molar-refractivity contribution in [1.29, 1.82) is 0 Å². The van der Waals surface area contributed by atoms with Gasteiger partial charge in [0.25, 0.3) is 0 Å². The normalized spacial score (nSPS) is 24.7. The maximum Gasteiger partial charge on any atom is 0.233 e. The van der Waals surface area contributed by atoms with Crippen LogP contribution in [0.1, 0.15) is 19.3 Å². The van der Waals surface area contributed by atoms with Crippen LogP contribution in [0.25, 0.3) is 0 Å². The molecule has 0 saturated heterocycles. The first-order valence-corrected chi connectivity index (χ1v) is 5.22. The Labute approximate surface area is 97.5 Å². The van der Waals surface area contributed by atoms with Crippen molar-refractivity contribution in [3.63, 3.8) is 0 Å². The SMILES string of the molecule is CNCC(=O)NCC1CCCC1OC.Cl. The smallest absolute Gasteiger partial charge is 0.233 e. The van der Waals surface area contributed by atoms with Gasteiger partial charge >= 0.3 is 0 Å². The molecule has 0 bridgehead atoms. The molecule has 2 atom stereocenters. The summed E-state index contributed by atoms with van der Waals surface area (Å²) in [4.78, 5) is 11.2. The molecule has 15 heavy (non-hydrogen) atoms. The van der Waals surface area contributed by atoms with Gasteiger partial charge in [-0.2, -0.15) is 0 Å². The topological polar surface area (TPSA) is 50.4 Å². The number of halogens is 1. The summed E-state index contributed by atoms with van der Waals surface area (Å²) in [5.41, 5.74) is 0. The second-order valence-electron chi connectivity index (χ2n) is 3.80. The van der Waals surface area contributed by atoms with Crippen LogP contribution in [0.2, 0.25) is 0 Å². The van der Waals surface area contributed by atoms with Gasteiger partial charge in [-0.15, -0.1) is 12.4 Å². The third kappa shape index (κ3) is 4.82. The van der Waals surface area contributed by atoms with E-state index in [9.17, 15) is 4.79 Å². The minimum atomic E-state index is 0. The van der Waals surface area contributed by atoms with Gasteiger partial charge in [-0.1, -0.05) is 6.42 Å². The van der Waals surface area contributed by atoms with Crippen molar-refractivity contribution < 1.29 is 9.53 Å². The Kier molecular flexibility index (Phi) is 7.74. The van der Waals surface area contributed by atoms with Crippen molar-refractivity contribution in [2.24, 2.45) is 5.92 Å². The van der Waals surface area contributed by atoms with Crippen molar-refractivity contribution in [2.75, 3.05) is 27.2 Å². The summed E-state index contributed by atoms with van der Waals surface area (Å²) in [6.07, 6.45) is 3.84. The van der Waals surface area contributed by atoms with Gasteiger partial charge in [0.1, 0.15) is 0 Å². The largest absolute Gasteiger partial charge is 0.381 e. The Morgan fingerprint density at radius 3 is 2.80 bits per heavy atom. The number of carbonyl (C=O) groups excluding carboxylic acids is 1. The predicted octanol–water partition coefficient (Wildman–Crippen LogP) is 0.559. The molecule has 0 aromatic heterocycles. The molecule has 5 heteroatoms. The number of carbonyl (C=O) groups is 1. The quantitative estimate of drug-likeness (QED) is 0.734. The van der Waals surface area contributed by atoms with Crippen LogP contribution in [0, 0.1) is 5.92 Å². The summed E-state index contributed by atoms with van der Waals surface area (Å²) in [5.74, 6) is 0.565. The van der Waals surface area contributed by atoms with E-state index in [0.29, 0.717) is 18.6 Å². The minimum Gasteiger partial charge on any atom is -0.381 e. The van der Waals surface area contributed by atoms with E-state index in [-0.39, 0.29) is 18.3 Å². The summed E-state index contributed by atoms with van der Waals surface area (Å²) in [6, 6.07) is 0. The van der Waals surface area contributed by atoms with E-state index >= 15 is 0 Å². The third-order valence-electron chi connectivity index (χ3n) is 2.79. The molecule has 4 nitrogen and oxygen atoms in total. The molecular weight excluding hydrogens is 216 g/mol. The van der Waals surface area contributed by atoms with Crippen LogP contribution in [-0.2, 0) is 9.53 Å². The van der Waals surface area contributed by atoms with Gasteiger partial charge in [0.05, 0.1) is 12.6 Å². The summed E-state index contributed by atoms with van der Waals surface area (Å²) < 4.78 is 5.35. The number of amides is 1. The lowest BCUT2D eigenvalue weighted by Gasteiger charge is -2.18. The van der Waals surface area contributed by atoms with Gasteiger partial charge in [0.15, 0.2) is 0 Å². The molecule has 2 N–H and O–H groups in total. The van der Waals surface area contributed by atoms with Crippen molar-refractivity contribution in [1.82, 2.24) is 10.6 Å². The van der Waals surface area contributed by atoms with E-state index in [1.165, 1.54) is 12.8 Å². The molecule has 1 saturated carbocycles. The molecule has 0 radical (unpaired) electrons. The van der Waals surface area contributed by atoms with Gasteiger partial charge in [0.2, 0.25) is 5.91 Å². The van der Waals surface area contributed by atoms with Gasteiger partial charge < -0.3 is 15.4 Å². The average Bonchev–Trinajstić information content (AvgIpc) is 2.62. The number of likely N-dealkylation sites (N-methyl/N-ethyl adjacent to an activating group) is 1. The molecule has 2 unspecified atom stereocenters. The number of ether oxygens (including phenoxy) is 1. The molecule has 1 rings (SSSR count). The Balaban J connectivity index is 0.00000196. The molecule has 1 aliphatic rings. The maximum absolute atomic E-state index is 11.2. The van der Waals surface area contributed by atoms with E-state index in [4.69, 9.17) is 4.74 Å². The molecule has 0 aromatic rings. The monoisotopic (exact) mass is 236 g/mol. The average molecular weight is 237 g/mol. The molecule has 0 aromatic carbocycles. The van der Waals surface area contributed by atoms with Gasteiger partial charge in [-0.3, -0.25) is 4.79 Å². The fraction of sp³-hybridized carbons (Fsp3) is 0.900. The number of methoxy groups -OCH3 is 1. The number of rotatable bonds is 5. The van der Waals surface area contributed by atoms with Crippen LogP contribution in [0.3, 0.4) is 0 Å². The van der Waals surface area contributed by atoms with Crippen molar-refractivity contribution in [3.05, 3.63) is 0 Å². The first-order chi connectivity index (χ1) is 6.77. The van der Waals surface area contributed by atoms with Crippen LogP contribution in [0.4, 0.5) is 0 Å². The Bertz CT molecular complexity index is 190. The highest BCUT2D eigenvalue weighted by Crippen LogP contribution is 2.26. The van der Waals surface area contributed by atoms with Crippen LogP contribution < -0.4 is 10.6 Å². The predicted molar refractivity (Wildman–Crippen MR) is 62.3 cm³/mol. The van der Waals surface area contributed by atoms with Gasteiger partial charge in [0, 0.05) is 19.6 Å². The zero-order valence-corrected chi connectivity index (χ0v) is 10.2. The second kappa shape index (κ2) is 7.91.